The number of aryl methyl sites for hydroxylation is 1. The topological polar surface area (TPSA) is 41.6 Å². The maximum atomic E-state index is 12.6. The molecule has 1 unspecified atom stereocenters. The summed E-state index contributed by atoms with van der Waals surface area (Å²) in [5.41, 5.74) is 2.07. The second-order valence-electron chi connectivity index (χ2n) is 5.52. The molecule has 0 aliphatic carbocycles. The molecular formula is C15H20N2O2. The zero-order chi connectivity index (χ0) is 13.4. The second kappa shape index (κ2) is 4.85. The van der Waals surface area contributed by atoms with Gasteiger partial charge in [0.1, 0.15) is 12.4 Å². The number of hydrogen-bond acceptors (Lipinski definition) is 3. The average Bonchev–Trinajstić information content (AvgIpc) is 2.34. The average molecular weight is 260 g/mol. The lowest BCUT2D eigenvalue weighted by Crippen LogP contribution is -2.51. The highest BCUT2D eigenvalue weighted by Gasteiger charge is 2.34. The number of amides is 1. The van der Waals surface area contributed by atoms with Crippen LogP contribution in [-0.2, 0) is 4.79 Å². The van der Waals surface area contributed by atoms with E-state index in [9.17, 15) is 4.79 Å². The fourth-order valence-corrected chi connectivity index (χ4v) is 2.67. The van der Waals surface area contributed by atoms with Crippen LogP contribution in [0.4, 0.5) is 5.69 Å². The Morgan fingerprint density at radius 2 is 2.26 bits per heavy atom. The van der Waals surface area contributed by atoms with Gasteiger partial charge < -0.3 is 15.0 Å². The molecule has 2 aliphatic rings. The molecule has 0 spiro atoms. The molecule has 1 aromatic carbocycles. The summed E-state index contributed by atoms with van der Waals surface area (Å²) in [4.78, 5) is 14.5. The molecule has 1 aromatic rings. The minimum Gasteiger partial charge on any atom is -0.490 e. The lowest BCUT2D eigenvalue weighted by atomic mass is 9.87. The van der Waals surface area contributed by atoms with Gasteiger partial charge in [-0.25, -0.2) is 0 Å². The van der Waals surface area contributed by atoms with Crippen LogP contribution in [0, 0.1) is 18.8 Å². The van der Waals surface area contributed by atoms with Gasteiger partial charge >= 0.3 is 0 Å². The number of hydrogen-bond donors (Lipinski definition) is 1. The Bertz CT molecular complexity index is 497. The van der Waals surface area contributed by atoms with Gasteiger partial charge in [0.15, 0.2) is 0 Å². The van der Waals surface area contributed by atoms with Crippen molar-refractivity contribution in [2.24, 2.45) is 11.8 Å². The SMILES string of the molecule is Cc1ccc2c(c1)OCCN2C(=O)C(C)C1CNC1. The first kappa shape index (κ1) is 12.5. The zero-order valence-corrected chi connectivity index (χ0v) is 11.5. The summed E-state index contributed by atoms with van der Waals surface area (Å²) < 4.78 is 5.66. The molecular weight excluding hydrogens is 240 g/mol. The van der Waals surface area contributed by atoms with Crippen molar-refractivity contribution in [2.75, 3.05) is 31.1 Å². The fraction of sp³-hybridized carbons (Fsp3) is 0.533. The Kier molecular flexibility index (Phi) is 3.19. The van der Waals surface area contributed by atoms with Gasteiger partial charge in [0.05, 0.1) is 12.2 Å². The highest BCUT2D eigenvalue weighted by atomic mass is 16.5. The van der Waals surface area contributed by atoms with E-state index in [2.05, 4.69) is 5.32 Å². The summed E-state index contributed by atoms with van der Waals surface area (Å²) in [5.74, 6) is 1.61. The highest BCUT2D eigenvalue weighted by molar-refractivity contribution is 5.97. The minimum atomic E-state index is 0.0773. The summed E-state index contributed by atoms with van der Waals surface area (Å²) in [6.45, 7) is 7.22. The summed E-state index contributed by atoms with van der Waals surface area (Å²) in [7, 11) is 0. The van der Waals surface area contributed by atoms with E-state index in [4.69, 9.17) is 4.74 Å². The summed E-state index contributed by atoms with van der Waals surface area (Å²) in [6.07, 6.45) is 0. The van der Waals surface area contributed by atoms with Gasteiger partial charge in [0, 0.05) is 5.92 Å². The van der Waals surface area contributed by atoms with Crippen molar-refractivity contribution in [3.8, 4) is 5.75 Å². The first-order valence-electron chi connectivity index (χ1n) is 6.92. The zero-order valence-electron chi connectivity index (χ0n) is 11.5. The predicted octanol–water partition coefficient (Wildman–Crippen LogP) is 1.58. The summed E-state index contributed by atoms with van der Waals surface area (Å²) in [5, 5.41) is 3.23. The molecule has 1 amide bonds. The molecule has 4 nitrogen and oxygen atoms in total. The van der Waals surface area contributed by atoms with Crippen LogP contribution in [0.1, 0.15) is 12.5 Å². The van der Waals surface area contributed by atoms with Crippen molar-refractivity contribution in [3.05, 3.63) is 23.8 Å². The van der Waals surface area contributed by atoms with E-state index < -0.39 is 0 Å². The number of nitrogens with zero attached hydrogens (tertiary/aromatic N) is 1. The summed E-state index contributed by atoms with van der Waals surface area (Å²) >= 11 is 0. The monoisotopic (exact) mass is 260 g/mol. The van der Waals surface area contributed by atoms with Crippen LogP contribution in [0.15, 0.2) is 18.2 Å². The number of benzene rings is 1. The minimum absolute atomic E-state index is 0.0773. The van der Waals surface area contributed by atoms with Crippen molar-refractivity contribution in [1.82, 2.24) is 5.32 Å². The third-order valence-corrected chi connectivity index (χ3v) is 4.15. The summed E-state index contributed by atoms with van der Waals surface area (Å²) in [6, 6.07) is 6.03. The molecule has 0 saturated carbocycles. The first-order chi connectivity index (χ1) is 9.16. The van der Waals surface area contributed by atoms with Gasteiger partial charge in [-0.05, 0) is 43.6 Å². The Morgan fingerprint density at radius 1 is 1.47 bits per heavy atom. The van der Waals surface area contributed by atoms with E-state index in [0.29, 0.717) is 19.1 Å². The molecule has 1 atom stereocenters. The van der Waals surface area contributed by atoms with E-state index in [1.54, 1.807) is 0 Å². The normalized spacial score (nSPS) is 20.2. The smallest absolute Gasteiger partial charge is 0.230 e. The molecule has 1 saturated heterocycles. The van der Waals surface area contributed by atoms with E-state index in [-0.39, 0.29) is 11.8 Å². The van der Waals surface area contributed by atoms with E-state index >= 15 is 0 Å². The van der Waals surface area contributed by atoms with Crippen molar-refractivity contribution < 1.29 is 9.53 Å². The van der Waals surface area contributed by atoms with Crippen molar-refractivity contribution >= 4 is 11.6 Å². The van der Waals surface area contributed by atoms with Crippen molar-refractivity contribution in [2.45, 2.75) is 13.8 Å². The van der Waals surface area contributed by atoms with Crippen LogP contribution in [0.3, 0.4) is 0 Å². The van der Waals surface area contributed by atoms with Gasteiger partial charge in [-0.3, -0.25) is 4.79 Å². The standard InChI is InChI=1S/C15H20N2O2/c1-10-3-4-13-14(7-10)19-6-5-17(13)15(18)11(2)12-8-16-9-12/h3-4,7,11-12,16H,5-6,8-9H2,1-2H3. The molecule has 2 aliphatic heterocycles. The van der Waals surface area contributed by atoms with Crippen LogP contribution in [0.5, 0.6) is 5.75 Å². The second-order valence-corrected chi connectivity index (χ2v) is 5.52. The largest absolute Gasteiger partial charge is 0.490 e. The number of anilines is 1. The molecule has 0 bridgehead atoms. The van der Waals surface area contributed by atoms with E-state index in [1.165, 1.54) is 0 Å². The quantitative estimate of drug-likeness (QED) is 0.877. The van der Waals surface area contributed by atoms with Crippen molar-refractivity contribution in [3.63, 3.8) is 0 Å². The first-order valence-corrected chi connectivity index (χ1v) is 6.92. The molecule has 3 rings (SSSR count). The van der Waals surface area contributed by atoms with Crippen molar-refractivity contribution in [1.29, 1.82) is 0 Å². The number of rotatable bonds is 2. The molecule has 2 heterocycles. The molecule has 1 fully saturated rings. The number of ether oxygens (including phenoxy) is 1. The third kappa shape index (κ3) is 2.21. The maximum Gasteiger partial charge on any atom is 0.230 e. The predicted molar refractivity (Wildman–Crippen MR) is 74.6 cm³/mol. The number of carbonyl (C=O) groups excluding carboxylic acids is 1. The van der Waals surface area contributed by atoms with Gasteiger partial charge in [0.2, 0.25) is 5.91 Å². The van der Waals surface area contributed by atoms with Crippen LogP contribution in [0.2, 0.25) is 0 Å². The number of carbonyl (C=O) groups is 1. The Labute approximate surface area is 113 Å². The number of fused-ring (bicyclic) bond motifs is 1. The molecule has 0 aromatic heterocycles. The van der Waals surface area contributed by atoms with Gasteiger partial charge in [0.25, 0.3) is 0 Å². The highest BCUT2D eigenvalue weighted by Crippen LogP contribution is 2.34. The van der Waals surface area contributed by atoms with Gasteiger partial charge in [-0.1, -0.05) is 13.0 Å². The van der Waals surface area contributed by atoms with Crippen LogP contribution >= 0.6 is 0 Å². The lowest BCUT2D eigenvalue weighted by molar-refractivity contribution is -0.124. The van der Waals surface area contributed by atoms with Gasteiger partial charge in [-0.2, -0.15) is 0 Å². The number of nitrogens with one attached hydrogen (secondary N) is 1. The fourth-order valence-electron chi connectivity index (χ4n) is 2.67. The molecule has 102 valence electrons. The van der Waals surface area contributed by atoms with Crippen LogP contribution < -0.4 is 15.0 Å². The maximum absolute atomic E-state index is 12.6. The lowest BCUT2D eigenvalue weighted by Gasteiger charge is -2.37. The Morgan fingerprint density at radius 3 is 2.95 bits per heavy atom. The molecule has 0 radical (unpaired) electrons. The third-order valence-electron chi connectivity index (χ3n) is 4.15. The molecule has 4 heteroatoms. The van der Waals surface area contributed by atoms with E-state index in [1.807, 2.05) is 36.9 Å². The van der Waals surface area contributed by atoms with Gasteiger partial charge in [-0.15, -0.1) is 0 Å². The van der Waals surface area contributed by atoms with Crippen LogP contribution in [0.25, 0.3) is 0 Å². The molecule has 19 heavy (non-hydrogen) atoms. The van der Waals surface area contributed by atoms with E-state index in [0.717, 1.165) is 30.1 Å². The Balaban J connectivity index is 1.84. The van der Waals surface area contributed by atoms with Crippen LogP contribution in [-0.4, -0.2) is 32.1 Å². The Hall–Kier alpha value is -1.55. The molecule has 1 N–H and O–H groups in total.